The van der Waals surface area contributed by atoms with Crippen LogP contribution in [0.25, 0.3) is 23.3 Å². The van der Waals surface area contributed by atoms with Gasteiger partial charge in [-0.1, -0.05) is 60.2 Å². The van der Waals surface area contributed by atoms with Gasteiger partial charge in [0.15, 0.2) is 0 Å². The highest BCUT2D eigenvalue weighted by molar-refractivity contribution is 6.36. The van der Waals surface area contributed by atoms with Gasteiger partial charge < -0.3 is 15.2 Å². The molecule has 0 aliphatic carbocycles. The summed E-state index contributed by atoms with van der Waals surface area (Å²) in [4.78, 5) is 21.5. The Kier molecular flexibility index (Phi) is 10.9. The summed E-state index contributed by atoms with van der Waals surface area (Å²) in [5.74, 6) is -0.867. The van der Waals surface area contributed by atoms with Gasteiger partial charge in [0.25, 0.3) is 5.91 Å². The van der Waals surface area contributed by atoms with Crippen molar-refractivity contribution in [2.75, 3.05) is 38.6 Å². The van der Waals surface area contributed by atoms with Crippen molar-refractivity contribution in [2.24, 2.45) is 0 Å². The van der Waals surface area contributed by atoms with Crippen molar-refractivity contribution in [3.63, 3.8) is 0 Å². The number of β-amino-alcohol motifs (C(OH)–C–C–N with tert-alkyl or cyclic N) is 1. The molecule has 0 radical (unpaired) electrons. The zero-order valence-electron chi connectivity index (χ0n) is 27.4. The molecule has 3 aromatic carbocycles. The van der Waals surface area contributed by atoms with Crippen LogP contribution in [0, 0.1) is 5.82 Å². The fourth-order valence-electron chi connectivity index (χ4n) is 6.47. The summed E-state index contributed by atoms with van der Waals surface area (Å²) in [6.45, 7) is 3.98. The van der Waals surface area contributed by atoms with Crippen LogP contribution < -0.4 is 10.1 Å². The lowest BCUT2D eigenvalue weighted by molar-refractivity contribution is -0.137. The normalized spacial score (nSPS) is 17.1. The van der Waals surface area contributed by atoms with Gasteiger partial charge in [0.05, 0.1) is 29.5 Å². The van der Waals surface area contributed by atoms with E-state index in [0.29, 0.717) is 30.9 Å². The summed E-state index contributed by atoms with van der Waals surface area (Å²) in [6, 6.07) is 15.2. The summed E-state index contributed by atoms with van der Waals surface area (Å²) in [5.41, 5.74) is 1.22. The van der Waals surface area contributed by atoms with Gasteiger partial charge in [-0.2, -0.15) is 13.2 Å². The van der Waals surface area contributed by atoms with Crippen molar-refractivity contribution in [1.82, 2.24) is 14.8 Å². The Morgan fingerprint density at radius 1 is 1.00 bits per heavy atom. The van der Waals surface area contributed by atoms with Crippen LogP contribution in [0.5, 0.6) is 5.75 Å². The van der Waals surface area contributed by atoms with E-state index >= 15 is 4.39 Å². The fourth-order valence-corrected chi connectivity index (χ4v) is 6.75. The van der Waals surface area contributed by atoms with Gasteiger partial charge in [-0.15, -0.1) is 0 Å². The third-order valence-electron chi connectivity index (χ3n) is 9.07. The molecule has 2 saturated heterocycles. The Morgan fingerprint density at radius 3 is 2.42 bits per heavy atom. The van der Waals surface area contributed by atoms with Crippen LogP contribution in [-0.4, -0.2) is 65.2 Å². The number of aliphatic hydroxyl groups is 1. The standard InChI is InChI=1S/C38H37ClF4N4O3/c1-50-34-19-26(31(38(41,42)43)18-27(34)22-46-15-2-3-16-46)12-11-25-6-4-8-30(36(25)40)29-7-5-9-32(35(29)39)45-37(49)33-13-10-24(20-44-33)21-47-17-14-28(48)23-47/h4-13,18-20,28,48H,2-3,14-17,21-23H2,1H3,(H,45,49)/b12-11+/t28-/m1/s1. The molecule has 0 spiro atoms. The second-order valence-corrected chi connectivity index (χ2v) is 13.0. The van der Waals surface area contributed by atoms with Gasteiger partial charge in [0.2, 0.25) is 0 Å². The number of hydrogen-bond acceptors (Lipinski definition) is 6. The number of anilines is 1. The van der Waals surface area contributed by atoms with E-state index in [9.17, 15) is 23.1 Å². The average molecular weight is 709 g/mol. The van der Waals surface area contributed by atoms with Crippen molar-refractivity contribution in [2.45, 2.75) is 44.6 Å². The molecule has 4 aromatic rings. The predicted molar refractivity (Wildman–Crippen MR) is 186 cm³/mol. The van der Waals surface area contributed by atoms with Crippen LogP contribution >= 0.6 is 11.6 Å². The number of likely N-dealkylation sites (tertiary alicyclic amines) is 2. The summed E-state index contributed by atoms with van der Waals surface area (Å²) in [5, 5.41) is 12.6. The predicted octanol–water partition coefficient (Wildman–Crippen LogP) is 8.15. The van der Waals surface area contributed by atoms with Gasteiger partial charge in [0.1, 0.15) is 17.3 Å². The maximum Gasteiger partial charge on any atom is 0.417 e. The van der Waals surface area contributed by atoms with Crippen LogP contribution in [-0.2, 0) is 19.3 Å². The number of nitrogens with one attached hydrogen (secondary N) is 1. The van der Waals surface area contributed by atoms with E-state index in [0.717, 1.165) is 50.5 Å². The summed E-state index contributed by atoms with van der Waals surface area (Å²) in [7, 11) is 1.42. The fraction of sp³-hybridized carbons (Fsp3) is 0.316. The van der Waals surface area contributed by atoms with Crippen molar-refractivity contribution in [3.05, 3.63) is 111 Å². The highest BCUT2D eigenvalue weighted by atomic mass is 35.5. The van der Waals surface area contributed by atoms with E-state index in [-0.39, 0.29) is 44.8 Å². The minimum absolute atomic E-state index is 0.0500. The van der Waals surface area contributed by atoms with Crippen LogP contribution in [0.15, 0.2) is 66.9 Å². The quantitative estimate of drug-likeness (QED) is 0.128. The Hall–Kier alpha value is -4.29. The maximum atomic E-state index is 16.0. The lowest BCUT2D eigenvalue weighted by Gasteiger charge is -2.20. The molecule has 2 fully saturated rings. The number of aliphatic hydroxyl groups excluding tert-OH is 1. The van der Waals surface area contributed by atoms with Gasteiger partial charge in [-0.3, -0.25) is 19.6 Å². The molecule has 2 aliphatic rings. The number of methoxy groups -OCH3 is 1. The van der Waals surface area contributed by atoms with E-state index in [2.05, 4.69) is 20.1 Å². The molecule has 1 amide bonds. The number of benzene rings is 3. The number of alkyl halides is 3. The van der Waals surface area contributed by atoms with Gasteiger partial charge in [-0.25, -0.2) is 4.39 Å². The van der Waals surface area contributed by atoms with E-state index in [4.69, 9.17) is 16.3 Å². The largest absolute Gasteiger partial charge is 0.496 e. The molecule has 0 unspecified atom stereocenters. The smallest absolute Gasteiger partial charge is 0.417 e. The third-order valence-corrected chi connectivity index (χ3v) is 9.48. The molecule has 262 valence electrons. The Morgan fingerprint density at radius 2 is 1.74 bits per heavy atom. The molecule has 0 saturated carbocycles. The lowest BCUT2D eigenvalue weighted by atomic mass is 9.98. The first-order valence-corrected chi connectivity index (χ1v) is 16.8. The molecule has 2 aliphatic heterocycles. The Bertz CT molecular complexity index is 1880. The van der Waals surface area contributed by atoms with E-state index in [1.807, 2.05) is 0 Å². The monoisotopic (exact) mass is 708 g/mol. The van der Waals surface area contributed by atoms with Crippen LogP contribution in [0.2, 0.25) is 5.02 Å². The molecule has 1 atom stereocenters. The number of amides is 1. The molecular weight excluding hydrogens is 672 g/mol. The second-order valence-electron chi connectivity index (χ2n) is 12.6. The minimum atomic E-state index is -4.64. The average Bonchev–Trinajstić information content (AvgIpc) is 3.76. The lowest BCUT2D eigenvalue weighted by Crippen LogP contribution is -2.21. The molecular formula is C38H37ClF4N4O3. The van der Waals surface area contributed by atoms with E-state index in [1.54, 1.807) is 42.6 Å². The highest BCUT2D eigenvalue weighted by Gasteiger charge is 2.34. The van der Waals surface area contributed by atoms with Crippen molar-refractivity contribution in [1.29, 1.82) is 0 Å². The van der Waals surface area contributed by atoms with E-state index < -0.39 is 23.5 Å². The summed E-state index contributed by atoms with van der Waals surface area (Å²) < 4.78 is 64.2. The number of rotatable bonds is 10. The molecule has 3 heterocycles. The van der Waals surface area contributed by atoms with Gasteiger partial charge >= 0.3 is 6.18 Å². The number of halogens is 5. The van der Waals surface area contributed by atoms with Crippen molar-refractivity contribution < 1.29 is 32.2 Å². The molecule has 50 heavy (non-hydrogen) atoms. The highest BCUT2D eigenvalue weighted by Crippen LogP contribution is 2.39. The number of ether oxygens (including phenoxy) is 1. The second kappa shape index (κ2) is 15.3. The molecule has 1 aromatic heterocycles. The van der Waals surface area contributed by atoms with Crippen LogP contribution in [0.3, 0.4) is 0 Å². The van der Waals surface area contributed by atoms with Gasteiger partial charge in [-0.05, 0) is 67.7 Å². The summed E-state index contributed by atoms with van der Waals surface area (Å²) in [6.07, 6.45) is 1.91. The first-order chi connectivity index (χ1) is 24.0. The maximum absolute atomic E-state index is 16.0. The van der Waals surface area contributed by atoms with Crippen LogP contribution in [0.1, 0.15) is 57.6 Å². The molecule has 2 N–H and O–H groups in total. The Balaban J connectivity index is 1.22. The number of hydrogen-bond donors (Lipinski definition) is 2. The summed E-state index contributed by atoms with van der Waals surface area (Å²) >= 11 is 6.70. The number of pyridine rings is 1. The Labute approximate surface area is 293 Å². The van der Waals surface area contributed by atoms with E-state index in [1.165, 1.54) is 37.5 Å². The zero-order chi connectivity index (χ0) is 35.4. The van der Waals surface area contributed by atoms with Crippen molar-refractivity contribution in [3.8, 4) is 16.9 Å². The number of carbonyl (C=O) groups excluding carboxylic acids is 1. The first-order valence-electron chi connectivity index (χ1n) is 16.4. The first kappa shape index (κ1) is 35.5. The molecule has 7 nitrogen and oxygen atoms in total. The molecule has 12 heteroatoms. The SMILES string of the molecule is COc1cc(/C=C/c2cccc(-c3cccc(NC(=O)c4ccc(CN5CC[C@@H](O)C5)cn4)c3Cl)c2F)c(C(F)(F)F)cc1CN1CCCC1. The molecule has 6 rings (SSSR count). The number of carbonyl (C=O) groups is 1. The minimum Gasteiger partial charge on any atom is -0.496 e. The van der Waals surface area contributed by atoms with Crippen LogP contribution in [0.4, 0.5) is 23.2 Å². The van der Waals surface area contributed by atoms with Crippen molar-refractivity contribution >= 4 is 35.3 Å². The topological polar surface area (TPSA) is 77.9 Å². The molecule has 0 bridgehead atoms. The number of aromatic nitrogens is 1. The zero-order valence-corrected chi connectivity index (χ0v) is 28.2. The third kappa shape index (κ3) is 8.18. The number of nitrogens with zero attached hydrogens (tertiary/aromatic N) is 3. The van der Waals surface area contributed by atoms with Gasteiger partial charge in [0, 0.05) is 54.6 Å².